The smallest absolute Gasteiger partial charge is 0.225 e. The molecule has 0 bridgehead atoms. The van der Waals surface area contributed by atoms with Crippen molar-refractivity contribution >= 4 is 11.8 Å². The Morgan fingerprint density at radius 1 is 1.21 bits per heavy atom. The van der Waals surface area contributed by atoms with E-state index in [2.05, 4.69) is 33.9 Å². The minimum atomic E-state index is 0.223. The normalized spacial score (nSPS) is 10.2. The van der Waals surface area contributed by atoms with Crippen LogP contribution < -0.4 is 15.4 Å². The molecule has 2 N–H and O–H groups in total. The molecular weight excluding hydrogens is 240 g/mol. The SMILES string of the molecule is CCN(Cc1ccccc1)c1cc(OC)nc(N)n1. The van der Waals surface area contributed by atoms with Gasteiger partial charge in [0.05, 0.1) is 7.11 Å². The van der Waals surface area contributed by atoms with Gasteiger partial charge in [0.15, 0.2) is 0 Å². The molecule has 2 aromatic rings. The number of aromatic nitrogens is 2. The molecule has 0 fully saturated rings. The standard InChI is InChI=1S/C14H18N4O/c1-3-18(10-11-7-5-4-6-8-11)12-9-13(19-2)17-14(15)16-12/h4-9H,3,10H2,1-2H3,(H2,15,16,17). The maximum Gasteiger partial charge on any atom is 0.225 e. The van der Waals surface area contributed by atoms with E-state index in [1.165, 1.54) is 5.56 Å². The molecule has 0 radical (unpaired) electrons. The van der Waals surface area contributed by atoms with Gasteiger partial charge in [0.2, 0.25) is 11.8 Å². The lowest BCUT2D eigenvalue weighted by atomic mass is 10.2. The van der Waals surface area contributed by atoms with E-state index < -0.39 is 0 Å². The van der Waals surface area contributed by atoms with E-state index in [1.54, 1.807) is 13.2 Å². The van der Waals surface area contributed by atoms with E-state index in [0.717, 1.165) is 18.9 Å². The Kier molecular flexibility index (Phi) is 4.18. The summed E-state index contributed by atoms with van der Waals surface area (Å²) in [6.07, 6.45) is 0. The predicted molar refractivity (Wildman–Crippen MR) is 76.2 cm³/mol. The van der Waals surface area contributed by atoms with E-state index >= 15 is 0 Å². The van der Waals surface area contributed by atoms with Crippen LogP contribution in [0.4, 0.5) is 11.8 Å². The van der Waals surface area contributed by atoms with Crippen LogP contribution in [-0.2, 0) is 6.54 Å². The summed E-state index contributed by atoms with van der Waals surface area (Å²) < 4.78 is 5.12. The van der Waals surface area contributed by atoms with Gasteiger partial charge in [0.1, 0.15) is 5.82 Å². The van der Waals surface area contributed by atoms with Crippen LogP contribution in [0.5, 0.6) is 5.88 Å². The number of methoxy groups -OCH3 is 1. The van der Waals surface area contributed by atoms with Gasteiger partial charge in [-0.3, -0.25) is 0 Å². The van der Waals surface area contributed by atoms with Crippen LogP contribution >= 0.6 is 0 Å². The molecule has 0 amide bonds. The van der Waals surface area contributed by atoms with Crippen molar-refractivity contribution in [3.05, 3.63) is 42.0 Å². The molecule has 0 aliphatic heterocycles. The lowest BCUT2D eigenvalue weighted by Gasteiger charge is -2.22. The van der Waals surface area contributed by atoms with Gasteiger partial charge < -0.3 is 15.4 Å². The van der Waals surface area contributed by atoms with E-state index in [0.29, 0.717) is 5.88 Å². The number of ether oxygens (including phenoxy) is 1. The number of rotatable bonds is 5. The molecule has 0 atom stereocenters. The van der Waals surface area contributed by atoms with Crippen LogP contribution in [0, 0.1) is 0 Å². The first-order valence-corrected chi connectivity index (χ1v) is 6.20. The molecule has 1 aromatic carbocycles. The van der Waals surface area contributed by atoms with Crippen LogP contribution in [0.1, 0.15) is 12.5 Å². The van der Waals surface area contributed by atoms with Crippen molar-refractivity contribution in [1.82, 2.24) is 9.97 Å². The van der Waals surface area contributed by atoms with Crippen LogP contribution in [0.2, 0.25) is 0 Å². The second-order valence-electron chi connectivity index (χ2n) is 4.13. The molecular formula is C14H18N4O. The summed E-state index contributed by atoms with van der Waals surface area (Å²) in [4.78, 5) is 10.4. The van der Waals surface area contributed by atoms with Crippen molar-refractivity contribution in [3.8, 4) is 5.88 Å². The van der Waals surface area contributed by atoms with Crippen LogP contribution in [0.25, 0.3) is 0 Å². The zero-order valence-corrected chi connectivity index (χ0v) is 11.2. The van der Waals surface area contributed by atoms with Crippen molar-refractivity contribution in [2.45, 2.75) is 13.5 Å². The topological polar surface area (TPSA) is 64.3 Å². The zero-order valence-electron chi connectivity index (χ0n) is 11.2. The Morgan fingerprint density at radius 3 is 2.58 bits per heavy atom. The highest BCUT2D eigenvalue weighted by molar-refractivity contribution is 5.46. The number of nitrogens with two attached hydrogens (primary N) is 1. The predicted octanol–water partition coefficient (Wildman–Crippen LogP) is 2.09. The quantitative estimate of drug-likeness (QED) is 0.889. The van der Waals surface area contributed by atoms with Gasteiger partial charge in [-0.2, -0.15) is 9.97 Å². The maximum atomic E-state index is 5.69. The van der Waals surface area contributed by atoms with E-state index in [9.17, 15) is 0 Å². The first kappa shape index (κ1) is 13.1. The minimum absolute atomic E-state index is 0.223. The molecule has 0 aliphatic carbocycles. The Labute approximate surface area is 113 Å². The summed E-state index contributed by atoms with van der Waals surface area (Å²) in [7, 11) is 1.57. The Hall–Kier alpha value is -2.30. The lowest BCUT2D eigenvalue weighted by molar-refractivity contribution is 0.397. The van der Waals surface area contributed by atoms with Crippen molar-refractivity contribution in [1.29, 1.82) is 0 Å². The minimum Gasteiger partial charge on any atom is -0.481 e. The zero-order chi connectivity index (χ0) is 13.7. The average molecular weight is 258 g/mol. The summed E-state index contributed by atoms with van der Waals surface area (Å²) in [5.41, 5.74) is 6.91. The van der Waals surface area contributed by atoms with Gasteiger partial charge in [0.25, 0.3) is 0 Å². The van der Waals surface area contributed by atoms with Gasteiger partial charge in [0, 0.05) is 19.2 Å². The Balaban J connectivity index is 2.24. The number of nitrogen functional groups attached to an aromatic ring is 1. The van der Waals surface area contributed by atoms with E-state index in [-0.39, 0.29) is 5.95 Å². The number of nitrogens with zero attached hydrogens (tertiary/aromatic N) is 3. The van der Waals surface area contributed by atoms with E-state index in [1.807, 2.05) is 18.2 Å². The molecule has 19 heavy (non-hydrogen) atoms. The molecule has 0 spiro atoms. The van der Waals surface area contributed by atoms with Crippen LogP contribution in [-0.4, -0.2) is 23.6 Å². The molecule has 1 aromatic heterocycles. The molecule has 5 nitrogen and oxygen atoms in total. The van der Waals surface area contributed by atoms with Crippen LogP contribution in [0.3, 0.4) is 0 Å². The molecule has 0 aliphatic rings. The number of benzene rings is 1. The summed E-state index contributed by atoms with van der Waals surface area (Å²) in [5.74, 6) is 1.48. The van der Waals surface area contributed by atoms with Gasteiger partial charge >= 0.3 is 0 Å². The second kappa shape index (κ2) is 6.04. The average Bonchev–Trinajstić information content (AvgIpc) is 2.45. The lowest BCUT2D eigenvalue weighted by Crippen LogP contribution is -2.23. The largest absolute Gasteiger partial charge is 0.481 e. The van der Waals surface area contributed by atoms with Crippen molar-refractivity contribution in [2.24, 2.45) is 0 Å². The van der Waals surface area contributed by atoms with E-state index in [4.69, 9.17) is 10.5 Å². The number of hydrogen-bond donors (Lipinski definition) is 1. The fraction of sp³-hybridized carbons (Fsp3) is 0.286. The van der Waals surface area contributed by atoms with Crippen LogP contribution in [0.15, 0.2) is 36.4 Å². The highest BCUT2D eigenvalue weighted by atomic mass is 16.5. The summed E-state index contributed by atoms with van der Waals surface area (Å²) in [6.45, 7) is 3.68. The highest BCUT2D eigenvalue weighted by Gasteiger charge is 2.10. The fourth-order valence-electron chi connectivity index (χ4n) is 1.86. The third kappa shape index (κ3) is 3.34. The number of hydrogen-bond acceptors (Lipinski definition) is 5. The molecule has 5 heteroatoms. The molecule has 2 rings (SSSR count). The third-order valence-electron chi connectivity index (χ3n) is 2.84. The maximum absolute atomic E-state index is 5.69. The van der Waals surface area contributed by atoms with Gasteiger partial charge in [-0.25, -0.2) is 0 Å². The molecule has 0 unspecified atom stereocenters. The van der Waals surface area contributed by atoms with Crippen molar-refractivity contribution in [3.63, 3.8) is 0 Å². The molecule has 0 saturated heterocycles. The fourth-order valence-corrected chi connectivity index (χ4v) is 1.86. The summed E-state index contributed by atoms with van der Waals surface area (Å²) in [6, 6.07) is 12.0. The highest BCUT2D eigenvalue weighted by Crippen LogP contribution is 2.20. The molecule has 0 saturated carbocycles. The third-order valence-corrected chi connectivity index (χ3v) is 2.84. The molecule has 1 heterocycles. The van der Waals surface area contributed by atoms with Gasteiger partial charge in [-0.05, 0) is 12.5 Å². The molecule has 100 valence electrons. The number of anilines is 2. The monoisotopic (exact) mass is 258 g/mol. The summed E-state index contributed by atoms with van der Waals surface area (Å²) >= 11 is 0. The Morgan fingerprint density at radius 2 is 1.95 bits per heavy atom. The Bertz CT molecular complexity index is 530. The van der Waals surface area contributed by atoms with Crippen molar-refractivity contribution < 1.29 is 4.74 Å². The summed E-state index contributed by atoms with van der Waals surface area (Å²) in [5, 5.41) is 0. The van der Waals surface area contributed by atoms with Crippen molar-refractivity contribution in [2.75, 3.05) is 24.3 Å². The van der Waals surface area contributed by atoms with Gasteiger partial charge in [-0.1, -0.05) is 30.3 Å². The second-order valence-corrected chi connectivity index (χ2v) is 4.13. The first-order chi connectivity index (χ1) is 9.22. The van der Waals surface area contributed by atoms with Gasteiger partial charge in [-0.15, -0.1) is 0 Å². The first-order valence-electron chi connectivity index (χ1n) is 6.20.